The number of nitrogens with zero attached hydrogens (tertiary/aromatic N) is 2. The molecule has 0 bridgehead atoms. The van der Waals surface area contributed by atoms with E-state index in [1.807, 2.05) is 0 Å². The number of aromatic nitrogens is 2. The fourth-order valence-electron chi connectivity index (χ4n) is 3.10. The number of rotatable bonds is 3. The minimum Gasteiger partial charge on any atom is -0.478 e. The first-order valence-electron chi connectivity index (χ1n) is 7.19. The number of imidazole rings is 1. The molecule has 0 saturated carbocycles. The highest BCUT2D eigenvalue weighted by Crippen LogP contribution is 2.39. The lowest BCUT2D eigenvalue weighted by molar-refractivity contribution is -0.133. The van der Waals surface area contributed by atoms with Crippen molar-refractivity contribution in [2.45, 2.75) is 19.8 Å². The number of halogens is 2. The molecule has 7 nitrogen and oxygen atoms in total. The summed E-state index contributed by atoms with van der Waals surface area (Å²) in [4.78, 5) is 27.8. The first-order valence-corrected chi connectivity index (χ1v) is 7.95. The summed E-state index contributed by atoms with van der Waals surface area (Å²) in [5, 5.41) is 22.7. The average molecular weight is 382 g/mol. The van der Waals surface area contributed by atoms with E-state index < -0.39 is 17.9 Å². The second-order valence-electron chi connectivity index (χ2n) is 5.63. The summed E-state index contributed by atoms with van der Waals surface area (Å²) in [5.74, 6) is -3.46. The van der Waals surface area contributed by atoms with Crippen LogP contribution in [0.25, 0.3) is 5.65 Å². The highest BCUT2D eigenvalue weighted by atomic mass is 35.5. The van der Waals surface area contributed by atoms with Gasteiger partial charge in [0, 0.05) is 17.6 Å². The van der Waals surface area contributed by atoms with Crippen molar-refractivity contribution < 1.29 is 19.8 Å². The summed E-state index contributed by atoms with van der Waals surface area (Å²) in [5.41, 5.74) is 1.31. The van der Waals surface area contributed by atoms with Gasteiger partial charge in [-0.1, -0.05) is 23.2 Å². The SMILES string of the molecule is CC1=C(C(=O)O)C(c2cnc3c(Cl)cc(Cl)cn23)C(C(=O)O)=C(C)N1. The van der Waals surface area contributed by atoms with Crippen molar-refractivity contribution in [2.75, 3.05) is 0 Å². The summed E-state index contributed by atoms with van der Waals surface area (Å²) in [6.07, 6.45) is 2.94. The first kappa shape index (κ1) is 17.3. The monoisotopic (exact) mass is 381 g/mol. The van der Waals surface area contributed by atoms with Crippen molar-refractivity contribution in [2.24, 2.45) is 0 Å². The van der Waals surface area contributed by atoms with Crippen molar-refractivity contribution in [3.63, 3.8) is 0 Å². The van der Waals surface area contributed by atoms with Gasteiger partial charge in [-0.3, -0.25) is 0 Å². The lowest BCUT2D eigenvalue weighted by atomic mass is 9.83. The Kier molecular flexibility index (Phi) is 4.22. The summed E-state index contributed by atoms with van der Waals surface area (Å²) in [6, 6.07) is 1.51. The van der Waals surface area contributed by atoms with Gasteiger partial charge >= 0.3 is 11.9 Å². The van der Waals surface area contributed by atoms with E-state index >= 15 is 0 Å². The topological polar surface area (TPSA) is 104 Å². The lowest BCUT2D eigenvalue weighted by Gasteiger charge is -2.28. The number of carboxylic acid groups (broad SMARTS) is 2. The summed E-state index contributed by atoms with van der Waals surface area (Å²) >= 11 is 12.2. The Morgan fingerprint density at radius 3 is 2.24 bits per heavy atom. The highest BCUT2D eigenvalue weighted by Gasteiger charge is 2.38. The fraction of sp³-hybridized carbons (Fsp3) is 0.188. The zero-order valence-corrected chi connectivity index (χ0v) is 14.7. The first-order chi connectivity index (χ1) is 11.7. The number of hydrogen-bond donors (Lipinski definition) is 3. The Morgan fingerprint density at radius 1 is 1.16 bits per heavy atom. The molecule has 25 heavy (non-hydrogen) atoms. The third kappa shape index (κ3) is 2.75. The molecule has 3 N–H and O–H groups in total. The molecule has 0 saturated heterocycles. The molecule has 0 amide bonds. The van der Waals surface area contributed by atoms with Gasteiger partial charge in [0.05, 0.1) is 39.0 Å². The lowest BCUT2D eigenvalue weighted by Crippen LogP contribution is -2.31. The number of hydrogen-bond acceptors (Lipinski definition) is 4. The molecular weight excluding hydrogens is 369 g/mol. The van der Waals surface area contributed by atoms with E-state index in [0.29, 0.717) is 27.8 Å². The van der Waals surface area contributed by atoms with E-state index in [1.54, 1.807) is 13.8 Å². The molecule has 2 aromatic rings. The maximum Gasteiger partial charge on any atom is 0.334 e. The minimum absolute atomic E-state index is 0.0686. The van der Waals surface area contributed by atoms with Crippen LogP contribution in [-0.2, 0) is 9.59 Å². The zero-order chi connectivity index (χ0) is 18.5. The second kappa shape index (κ2) is 6.09. The summed E-state index contributed by atoms with van der Waals surface area (Å²) in [6.45, 7) is 3.17. The van der Waals surface area contributed by atoms with Crippen LogP contribution in [0.15, 0.2) is 41.0 Å². The molecule has 0 atom stereocenters. The van der Waals surface area contributed by atoms with E-state index in [0.717, 1.165) is 0 Å². The number of nitrogens with one attached hydrogen (secondary N) is 1. The second-order valence-corrected chi connectivity index (χ2v) is 6.47. The third-order valence-corrected chi connectivity index (χ3v) is 4.56. The van der Waals surface area contributed by atoms with Gasteiger partial charge in [-0.15, -0.1) is 0 Å². The zero-order valence-electron chi connectivity index (χ0n) is 13.2. The number of fused-ring (bicyclic) bond motifs is 1. The highest BCUT2D eigenvalue weighted by molar-refractivity contribution is 6.36. The third-order valence-electron chi connectivity index (χ3n) is 4.07. The van der Waals surface area contributed by atoms with Crippen molar-refractivity contribution in [1.82, 2.24) is 14.7 Å². The van der Waals surface area contributed by atoms with Gasteiger partial charge in [0.15, 0.2) is 5.65 Å². The number of dihydropyridines is 1. The van der Waals surface area contributed by atoms with Crippen molar-refractivity contribution in [1.29, 1.82) is 0 Å². The number of aliphatic carboxylic acids is 2. The molecule has 0 radical (unpaired) electrons. The molecule has 2 aromatic heterocycles. The maximum atomic E-state index is 11.8. The van der Waals surface area contributed by atoms with Crippen LogP contribution in [0.3, 0.4) is 0 Å². The van der Waals surface area contributed by atoms with Crippen LogP contribution >= 0.6 is 23.2 Å². The van der Waals surface area contributed by atoms with Gasteiger partial charge in [-0.05, 0) is 19.9 Å². The smallest absolute Gasteiger partial charge is 0.334 e. The Hall–Kier alpha value is -2.51. The molecule has 130 valence electrons. The number of carbonyl (C=O) groups is 2. The number of allylic oxidation sites excluding steroid dienone is 2. The van der Waals surface area contributed by atoms with Gasteiger partial charge in [-0.25, -0.2) is 14.6 Å². The predicted molar refractivity (Wildman–Crippen MR) is 91.8 cm³/mol. The van der Waals surface area contributed by atoms with E-state index in [2.05, 4.69) is 10.3 Å². The minimum atomic E-state index is -1.22. The van der Waals surface area contributed by atoms with Gasteiger partial charge < -0.3 is 19.9 Å². The molecule has 1 aliphatic rings. The van der Waals surface area contributed by atoms with Crippen molar-refractivity contribution >= 4 is 40.8 Å². The standard InChI is InChI=1S/C16H13Cl2N3O4/c1-6-11(15(22)23)13(12(16(24)25)7(2)20-6)10-4-19-14-9(18)3-8(17)5-21(10)14/h3-5,13,20H,1-2H3,(H,22,23)(H,24,25). The Labute approximate surface area is 152 Å². The van der Waals surface area contributed by atoms with Crippen LogP contribution in [-0.4, -0.2) is 31.5 Å². The molecule has 1 aliphatic heterocycles. The normalized spacial score (nSPS) is 15.7. The van der Waals surface area contributed by atoms with Crippen LogP contribution in [0, 0.1) is 0 Å². The van der Waals surface area contributed by atoms with Gasteiger partial charge in [0.25, 0.3) is 0 Å². The molecule has 0 aromatic carbocycles. The van der Waals surface area contributed by atoms with E-state index in [-0.39, 0.29) is 16.2 Å². The largest absolute Gasteiger partial charge is 0.478 e. The van der Waals surface area contributed by atoms with Gasteiger partial charge in [0.1, 0.15) is 0 Å². The maximum absolute atomic E-state index is 11.8. The molecule has 3 rings (SSSR count). The van der Waals surface area contributed by atoms with Crippen LogP contribution in [0.5, 0.6) is 0 Å². The summed E-state index contributed by atoms with van der Waals surface area (Å²) < 4.78 is 1.52. The van der Waals surface area contributed by atoms with Crippen LogP contribution in [0.2, 0.25) is 10.0 Å². The van der Waals surface area contributed by atoms with Gasteiger partial charge in [0.2, 0.25) is 0 Å². The Balaban J connectivity index is 2.36. The van der Waals surface area contributed by atoms with Crippen molar-refractivity contribution in [3.05, 3.63) is 56.7 Å². The molecular formula is C16H13Cl2N3O4. The van der Waals surface area contributed by atoms with E-state index in [9.17, 15) is 19.8 Å². The molecule has 0 fully saturated rings. The molecule has 9 heteroatoms. The van der Waals surface area contributed by atoms with E-state index in [1.165, 1.54) is 22.9 Å². The number of pyridine rings is 1. The quantitative estimate of drug-likeness (QED) is 0.754. The number of carboxylic acids is 2. The Bertz CT molecular complexity index is 955. The molecule has 0 aliphatic carbocycles. The predicted octanol–water partition coefficient (Wildman–Crippen LogP) is 3.05. The fourth-order valence-corrected chi connectivity index (χ4v) is 3.62. The van der Waals surface area contributed by atoms with Crippen LogP contribution in [0.4, 0.5) is 0 Å². The van der Waals surface area contributed by atoms with Crippen molar-refractivity contribution in [3.8, 4) is 0 Å². The molecule has 0 spiro atoms. The summed E-state index contributed by atoms with van der Waals surface area (Å²) in [7, 11) is 0. The van der Waals surface area contributed by atoms with Gasteiger partial charge in [-0.2, -0.15) is 0 Å². The molecule has 3 heterocycles. The Morgan fingerprint density at radius 2 is 1.72 bits per heavy atom. The van der Waals surface area contributed by atoms with Crippen LogP contribution in [0.1, 0.15) is 25.5 Å². The molecule has 0 unspecified atom stereocenters. The van der Waals surface area contributed by atoms with E-state index in [4.69, 9.17) is 23.2 Å². The average Bonchev–Trinajstić information content (AvgIpc) is 2.88. The van der Waals surface area contributed by atoms with Crippen LogP contribution < -0.4 is 5.32 Å².